The van der Waals surface area contributed by atoms with Gasteiger partial charge >= 0.3 is 11.9 Å². The van der Waals surface area contributed by atoms with Gasteiger partial charge in [0.2, 0.25) is 10.0 Å². The van der Waals surface area contributed by atoms with Gasteiger partial charge in [0.25, 0.3) is 0 Å². The van der Waals surface area contributed by atoms with Crippen molar-refractivity contribution in [2.75, 3.05) is 19.4 Å². The molecular formula is C11H21NO6S. The molecule has 8 heteroatoms. The molecule has 0 aliphatic carbocycles. The minimum Gasteiger partial charge on any atom is -0.481 e. The van der Waals surface area contributed by atoms with Gasteiger partial charge in [0.1, 0.15) is 0 Å². The van der Waals surface area contributed by atoms with Gasteiger partial charge in [-0.25, -0.2) is 13.1 Å². The topological polar surface area (TPSA) is 110 Å². The standard InChI is InChI=1S/C11H21NO6S/c1-11(2,5-4-9(13)14)6-7-12-19(16,17)8-10(15)18-3/h12H,4-8H2,1-3H3,(H,13,14). The summed E-state index contributed by atoms with van der Waals surface area (Å²) in [5.41, 5.74) is -0.286. The zero-order chi connectivity index (χ0) is 15.1. The van der Waals surface area contributed by atoms with Crippen molar-refractivity contribution in [3.8, 4) is 0 Å². The molecule has 0 spiro atoms. The molecule has 0 saturated carbocycles. The molecule has 0 aliphatic rings. The number of aliphatic carboxylic acids is 1. The van der Waals surface area contributed by atoms with E-state index in [9.17, 15) is 18.0 Å². The van der Waals surface area contributed by atoms with Crippen molar-refractivity contribution >= 4 is 22.0 Å². The molecule has 0 aromatic rings. The van der Waals surface area contributed by atoms with Crippen molar-refractivity contribution in [3.05, 3.63) is 0 Å². The van der Waals surface area contributed by atoms with Crippen LogP contribution < -0.4 is 4.72 Å². The highest BCUT2D eigenvalue weighted by Gasteiger charge is 2.21. The minimum atomic E-state index is -3.69. The summed E-state index contributed by atoms with van der Waals surface area (Å²) in [4.78, 5) is 21.3. The van der Waals surface area contributed by atoms with Gasteiger partial charge in [-0.05, 0) is 18.3 Å². The first kappa shape index (κ1) is 17.8. The molecule has 0 bridgehead atoms. The van der Waals surface area contributed by atoms with Crippen LogP contribution in [0, 0.1) is 5.41 Å². The van der Waals surface area contributed by atoms with Crippen LogP contribution in [0.15, 0.2) is 0 Å². The van der Waals surface area contributed by atoms with Crippen LogP contribution in [0.2, 0.25) is 0 Å². The molecule has 0 saturated heterocycles. The number of ether oxygens (including phenoxy) is 1. The second-order valence-corrected chi connectivity index (χ2v) is 6.84. The molecule has 0 radical (unpaired) electrons. The van der Waals surface area contributed by atoms with Crippen molar-refractivity contribution in [3.63, 3.8) is 0 Å². The molecular weight excluding hydrogens is 274 g/mol. The van der Waals surface area contributed by atoms with Crippen molar-refractivity contribution in [1.29, 1.82) is 0 Å². The third-order valence-electron chi connectivity index (χ3n) is 2.67. The highest BCUT2D eigenvalue weighted by atomic mass is 32.2. The molecule has 0 rings (SSSR count). The van der Waals surface area contributed by atoms with Crippen molar-refractivity contribution in [2.45, 2.75) is 33.1 Å². The molecule has 2 N–H and O–H groups in total. The van der Waals surface area contributed by atoms with Crippen LogP contribution in [0.25, 0.3) is 0 Å². The Labute approximate surface area is 113 Å². The molecule has 0 aromatic heterocycles. The van der Waals surface area contributed by atoms with Gasteiger partial charge in [-0.15, -0.1) is 0 Å². The van der Waals surface area contributed by atoms with Crippen LogP contribution in [-0.4, -0.2) is 44.9 Å². The quantitative estimate of drug-likeness (QED) is 0.594. The third kappa shape index (κ3) is 9.43. The van der Waals surface area contributed by atoms with Crippen LogP contribution in [0.5, 0.6) is 0 Å². The summed E-state index contributed by atoms with van der Waals surface area (Å²) in [5.74, 6) is -2.41. The van der Waals surface area contributed by atoms with Gasteiger partial charge in [0.05, 0.1) is 7.11 Å². The minimum absolute atomic E-state index is 0.0436. The average Bonchev–Trinajstić information content (AvgIpc) is 2.25. The summed E-state index contributed by atoms with van der Waals surface area (Å²) in [6.45, 7) is 3.89. The van der Waals surface area contributed by atoms with Gasteiger partial charge in [0, 0.05) is 13.0 Å². The fourth-order valence-corrected chi connectivity index (χ4v) is 2.32. The van der Waals surface area contributed by atoms with E-state index in [1.165, 1.54) is 0 Å². The molecule has 19 heavy (non-hydrogen) atoms. The Morgan fingerprint density at radius 1 is 1.26 bits per heavy atom. The Morgan fingerprint density at radius 2 is 1.84 bits per heavy atom. The lowest BCUT2D eigenvalue weighted by Gasteiger charge is -2.23. The van der Waals surface area contributed by atoms with Crippen molar-refractivity contribution in [1.82, 2.24) is 4.72 Å². The number of carbonyl (C=O) groups excluding carboxylic acids is 1. The number of carbonyl (C=O) groups is 2. The third-order valence-corrected chi connectivity index (χ3v) is 3.93. The van der Waals surface area contributed by atoms with Gasteiger partial charge in [-0.3, -0.25) is 9.59 Å². The monoisotopic (exact) mass is 295 g/mol. The van der Waals surface area contributed by atoms with Gasteiger partial charge in [0.15, 0.2) is 5.75 Å². The molecule has 0 unspecified atom stereocenters. The highest BCUT2D eigenvalue weighted by molar-refractivity contribution is 7.90. The predicted octanol–water partition coefficient (Wildman–Crippen LogP) is 0.360. The summed E-state index contributed by atoms with van der Waals surface area (Å²) in [5, 5.41) is 8.59. The highest BCUT2D eigenvalue weighted by Crippen LogP contribution is 2.26. The molecule has 7 nitrogen and oxygen atoms in total. The Morgan fingerprint density at radius 3 is 2.32 bits per heavy atom. The summed E-state index contributed by atoms with van der Waals surface area (Å²) in [7, 11) is -2.57. The molecule has 0 atom stereocenters. The van der Waals surface area contributed by atoms with Crippen LogP contribution in [0.3, 0.4) is 0 Å². The van der Waals surface area contributed by atoms with E-state index < -0.39 is 27.7 Å². The van der Waals surface area contributed by atoms with E-state index in [-0.39, 0.29) is 18.4 Å². The second kappa shape index (κ2) is 7.44. The van der Waals surface area contributed by atoms with Crippen LogP contribution >= 0.6 is 0 Å². The smallest absolute Gasteiger partial charge is 0.322 e. The largest absolute Gasteiger partial charge is 0.481 e. The van der Waals surface area contributed by atoms with E-state index in [1.54, 1.807) is 0 Å². The lowest BCUT2D eigenvalue weighted by Crippen LogP contribution is -2.33. The van der Waals surface area contributed by atoms with Gasteiger partial charge in [-0.2, -0.15) is 0 Å². The molecule has 0 aliphatic heterocycles. The molecule has 0 aromatic carbocycles. The number of carboxylic acid groups (broad SMARTS) is 1. The van der Waals surface area contributed by atoms with E-state index >= 15 is 0 Å². The van der Waals surface area contributed by atoms with Crippen molar-refractivity contribution < 1.29 is 27.9 Å². The zero-order valence-corrected chi connectivity index (χ0v) is 12.2. The molecule has 112 valence electrons. The first-order chi connectivity index (χ1) is 8.58. The first-order valence-electron chi connectivity index (χ1n) is 5.84. The van der Waals surface area contributed by atoms with Gasteiger partial charge in [-0.1, -0.05) is 13.8 Å². The number of hydrogen-bond acceptors (Lipinski definition) is 5. The number of rotatable bonds is 9. The zero-order valence-electron chi connectivity index (χ0n) is 11.4. The van der Waals surface area contributed by atoms with E-state index in [4.69, 9.17) is 5.11 Å². The maximum absolute atomic E-state index is 11.4. The first-order valence-corrected chi connectivity index (χ1v) is 7.49. The fourth-order valence-electron chi connectivity index (χ4n) is 1.38. The van der Waals surface area contributed by atoms with Gasteiger partial charge < -0.3 is 9.84 Å². The Hall–Kier alpha value is -1.15. The maximum Gasteiger partial charge on any atom is 0.322 e. The molecule has 0 heterocycles. The number of sulfonamides is 1. The number of hydrogen-bond donors (Lipinski definition) is 2. The van der Waals surface area contributed by atoms with E-state index in [2.05, 4.69) is 9.46 Å². The van der Waals surface area contributed by atoms with Crippen molar-refractivity contribution in [2.24, 2.45) is 5.41 Å². The van der Waals surface area contributed by atoms with E-state index in [0.29, 0.717) is 12.8 Å². The maximum atomic E-state index is 11.4. The van der Waals surface area contributed by atoms with Crippen LogP contribution in [0.4, 0.5) is 0 Å². The number of carboxylic acids is 1. The van der Waals surface area contributed by atoms with E-state index in [1.807, 2.05) is 13.8 Å². The lowest BCUT2D eigenvalue weighted by atomic mass is 9.84. The SMILES string of the molecule is COC(=O)CS(=O)(=O)NCCC(C)(C)CCC(=O)O. The Balaban J connectivity index is 4.13. The summed E-state index contributed by atoms with van der Waals surface area (Å²) < 4.78 is 29.5. The predicted molar refractivity (Wildman–Crippen MR) is 69.1 cm³/mol. The van der Waals surface area contributed by atoms with E-state index in [0.717, 1.165) is 7.11 Å². The molecule has 0 amide bonds. The summed E-state index contributed by atoms with van der Waals surface area (Å²) in [6.07, 6.45) is 0.990. The normalized spacial score (nSPS) is 12.2. The molecule has 0 fully saturated rings. The summed E-state index contributed by atoms with van der Waals surface area (Å²) >= 11 is 0. The second-order valence-electron chi connectivity index (χ2n) is 5.04. The Kier molecular flexibility index (Phi) is 6.99. The fraction of sp³-hybridized carbons (Fsp3) is 0.818. The van der Waals surface area contributed by atoms with Crippen LogP contribution in [0.1, 0.15) is 33.1 Å². The number of methoxy groups -OCH3 is 1. The summed E-state index contributed by atoms with van der Waals surface area (Å²) in [6, 6.07) is 0. The van der Waals surface area contributed by atoms with Crippen LogP contribution in [-0.2, 0) is 24.3 Å². The average molecular weight is 295 g/mol. The Bertz CT molecular complexity index is 415. The number of esters is 1. The number of nitrogens with one attached hydrogen (secondary N) is 1. The lowest BCUT2D eigenvalue weighted by molar-refractivity contribution is -0.138.